The van der Waals surface area contributed by atoms with Gasteiger partial charge in [0.05, 0.1) is 33.5 Å². The molecule has 44 heavy (non-hydrogen) atoms. The lowest BCUT2D eigenvalue weighted by Gasteiger charge is -2.32. The van der Waals surface area contributed by atoms with Crippen LogP contribution in [0.3, 0.4) is 0 Å². The van der Waals surface area contributed by atoms with Crippen molar-refractivity contribution >= 4 is 49.9 Å². The number of likely N-dealkylation sites (tertiary alicyclic amines) is 1. The lowest BCUT2D eigenvalue weighted by Crippen LogP contribution is -2.39. The Labute approximate surface area is 257 Å². The molecular weight excluding hydrogens is 578 g/mol. The summed E-state index contributed by atoms with van der Waals surface area (Å²) in [4.78, 5) is 28.8. The van der Waals surface area contributed by atoms with E-state index in [1.54, 1.807) is 38.1 Å². The Hall–Kier alpha value is -4.16. The molecule has 4 aromatic rings. The minimum atomic E-state index is -3.54. The number of carbonyl (C=O) groups excluding carboxylic acids is 1. The van der Waals surface area contributed by atoms with Gasteiger partial charge in [0.1, 0.15) is 17.2 Å². The molecule has 1 amide bonds. The third-order valence-corrected chi connectivity index (χ3v) is 10.8. The Balaban J connectivity index is 1.36. The van der Waals surface area contributed by atoms with Gasteiger partial charge in [0.2, 0.25) is 11.9 Å². The van der Waals surface area contributed by atoms with Crippen LogP contribution in [-0.2, 0) is 14.6 Å². The number of aryl methyl sites for hydroxylation is 2. The minimum Gasteiger partial charge on any atom is -0.468 e. The summed E-state index contributed by atoms with van der Waals surface area (Å²) >= 11 is 0. The van der Waals surface area contributed by atoms with Crippen LogP contribution in [0.1, 0.15) is 56.4 Å². The second kappa shape index (κ2) is 11.4. The van der Waals surface area contributed by atoms with E-state index in [4.69, 9.17) is 20.4 Å². The molecule has 1 saturated heterocycles. The first-order valence-corrected chi connectivity index (χ1v) is 16.6. The van der Waals surface area contributed by atoms with E-state index < -0.39 is 15.1 Å². The van der Waals surface area contributed by atoms with Crippen LogP contribution in [0.5, 0.6) is 5.75 Å². The number of fused-ring (bicyclic) bond motifs is 2. The molecule has 4 heterocycles. The number of hydrogen-bond donors (Lipinski definition) is 3. The van der Waals surface area contributed by atoms with E-state index >= 15 is 0 Å². The molecule has 6 rings (SSSR count). The molecule has 2 aromatic heterocycles. The number of piperidine rings is 1. The number of H-pyrrole nitrogens is 1. The predicted molar refractivity (Wildman–Crippen MR) is 172 cm³/mol. The molecule has 1 fully saturated rings. The third kappa shape index (κ3) is 5.48. The highest BCUT2D eigenvalue weighted by atomic mass is 32.2. The van der Waals surface area contributed by atoms with Crippen molar-refractivity contribution in [2.24, 2.45) is 5.73 Å². The fourth-order valence-corrected chi connectivity index (χ4v) is 7.47. The summed E-state index contributed by atoms with van der Waals surface area (Å²) in [7, 11) is -3.54. The largest absolute Gasteiger partial charge is 0.468 e. The topological polar surface area (TPSA) is 147 Å². The summed E-state index contributed by atoms with van der Waals surface area (Å²) in [5.74, 6) is 1.77. The van der Waals surface area contributed by atoms with Gasteiger partial charge in [-0.1, -0.05) is 12.1 Å². The van der Waals surface area contributed by atoms with Crippen LogP contribution in [0.15, 0.2) is 47.4 Å². The number of aromatic amines is 1. The molecule has 4 N–H and O–H groups in total. The van der Waals surface area contributed by atoms with Crippen molar-refractivity contribution in [1.82, 2.24) is 19.9 Å². The zero-order valence-corrected chi connectivity index (χ0v) is 26.5. The van der Waals surface area contributed by atoms with Gasteiger partial charge in [-0.2, -0.15) is 9.97 Å². The van der Waals surface area contributed by atoms with Crippen LogP contribution in [0.4, 0.5) is 23.1 Å². The maximum atomic E-state index is 13.2. The van der Waals surface area contributed by atoms with Gasteiger partial charge in [0.15, 0.2) is 16.1 Å². The van der Waals surface area contributed by atoms with E-state index in [0.29, 0.717) is 35.6 Å². The summed E-state index contributed by atoms with van der Waals surface area (Å²) < 4.78 is 32.7. The molecule has 1 unspecified atom stereocenters. The van der Waals surface area contributed by atoms with Crippen LogP contribution >= 0.6 is 0 Å². The first kappa shape index (κ1) is 29.9. The monoisotopic (exact) mass is 617 g/mol. The molecule has 0 aliphatic carbocycles. The lowest BCUT2D eigenvalue weighted by molar-refractivity contribution is -0.119. The number of nitrogens with two attached hydrogens (primary N) is 1. The summed E-state index contributed by atoms with van der Waals surface area (Å²) in [5, 5.41) is 3.50. The number of anilines is 4. The van der Waals surface area contributed by atoms with E-state index in [-0.39, 0.29) is 17.0 Å². The SMILES string of the molecule is Cc1cc2c(Nc3ccccc3S(=O)(=O)C(C)C)nc(N3c4cc(C)c(C5CCN(CC(N)=O)CC5)cc4OC3C)nc2[nH]1. The van der Waals surface area contributed by atoms with E-state index in [1.165, 1.54) is 5.56 Å². The van der Waals surface area contributed by atoms with Crippen molar-refractivity contribution < 1.29 is 17.9 Å². The highest BCUT2D eigenvalue weighted by molar-refractivity contribution is 7.92. The minimum absolute atomic E-state index is 0.224. The molecule has 0 spiro atoms. The number of nitrogens with one attached hydrogen (secondary N) is 2. The van der Waals surface area contributed by atoms with Crippen molar-refractivity contribution in [1.29, 1.82) is 0 Å². The maximum Gasteiger partial charge on any atom is 0.237 e. The number of hydrogen-bond acceptors (Lipinski definition) is 9. The summed E-state index contributed by atoms with van der Waals surface area (Å²) in [6.45, 7) is 11.3. The number of nitrogens with zero attached hydrogens (tertiary/aromatic N) is 4. The smallest absolute Gasteiger partial charge is 0.237 e. The fraction of sp³-hybridized carbons (Fsp3) is 0.406. The Bertz CT molecular complexity index is 1840. The van der Waals surface area contributed by atoms with Crippen LogP contribution in [0, 0.1) is 13.8 Å². The third-order valence-electron chi connectivity index (χ3n) is 8.57. The van der Waals surface area contributed by atoms with Crippen LogP contribution < -0.4 is 20.7 Å². The molecule has 0 bridgehead atoms. The molecule has 0 radical (unpaired) electrons. The highest BCUT2D eigenvalue weighted by Gasteiger charge is 2.34. The number of primary amides is 1. The molecule has 2 aliphatic heterocycles. The number of aromatic nitrogens is 3. The maximum absolute atomic E-state index is 13.2. The van der Waals surface area contributed by atoms with Gasteiger partial charge in [-0.05, 0) is 108 Å². The highest BCUT2D eigenvalue weighted by Crippen LogP contribution is 2.45. The normalized spacial score (nSPS) is 17.7. The molecular formula is C32H39N7O4S. The first-order chi connectivity index (χ1) is 20.9. The van der Waals surface area contributed by atoms with Crippen molar-refractivity contribution in [2.45, 2.75) is 69.8 Å². The number of carbonyl (C=O) groups is 1. The molecule has 232 valence electrons. The summed E-state index contributed by atoms with van der Waals surface area (Å²) in [6.07, 6.45) is 1.52. The van der Waals surface area contributed by atoms with Crippen molar-refractivity contribution in [2.75, 3.05) is 29.9 Å². The fourth-order valence-electron chi connectivity index (χ4n) is 6.27. The number of ether oxygens (including phenoxy) is 1. The van der Waals surface area contributed by atoms with Crippen molar-refractivity contribution in [3.63, 3.8) is 0 Å². The van der Waals surface area contributed by atoms with Crippen LogP contribution in [0.2, 0.25) is 0 Å². The number of sulfone groups is 1. The zero-order chi connectivity index (χ0) is 31.3. The quantitative estimate of drug-likeness (QED) is 0.247. The molecule has 11 nitrogen and oxygen atoms in total. The molecule has 12 heteroatoms. The second-order valence-corrected chi connectivity index (χ2v) is 14.6. The molecule has 1 atom stereocenters. The average molecular weight is 618 g/mol. The first-order valence-electron chi connectivity index (χ1n) is 15.0. The van der Waals surface area contributed by atoms with Crippen LogP contribution in [-0.4, -0.2) is 65.3 Å². The van der Waals surface area contributed by atoms with Gasteiger partial charge in [-0.15, -0.1) is 0 Å². The van der Waals surface area contributed by atoms with Gasteiger partial charge >= 0.3 is 0 Å². The van der Waals surface area contributed by atoms with Gasteiger partial charge in [0, 0.05) is 5.69 Å². The van der Waals surface area contributed by atoms with Crippen molar-refractivity contribution in [3.8, 4) is 5.75 Å². The van der Waals surface area contributed by atoms with Crippen molar-refractivity contribution in [3.05, 3.63) is 59.3 Å². The number of amides is 1. The molecule has 0 saturated carbocycles. The standard InChI is InChI=1S/C32H39N7O4S/c1-18(2)44(41,42)28-9-7-6-8-25(28)35-31-24-15-20(4)34-30(24)36-32(37-31)39-21(5)43-27-16-23(19(3)14-26(27)39)22-10-12-38(13-11-22)17-29(33)40/h6-9,14-16,18,21-22H,10-13,17H2,1-5H3,(H2,33,40)(H2,34,35,36,37). The zero-order valence-electron chi connectivity index (χ0n) is 25.7. The van der Waals surface area contributed by atoms with E-state index in [2.05, 4.69) is 34.3 Å². The van der Waals surface area contributed by atoms with Gasteiger partial charge in [-0.25, -0.2) is 8.42 Å². The lowest BCUT2D eigenvalue weighted by atomic mass is 9.86. The number of benzene rings is 2. The van der Waals surface area contributed by atoms with E-state index in [1.807, 2.05) is 24.8 Å². The van der Waals surface area contributed by atoms with Gasteiger partial charge < -0.3 is 20.8 Å². The Morgan fingerprint density at radius 2 is 1.86 bits per heavy atom. The van der Waals surface area contributed by atoms with Gasteiger partial charge in [-0.3, -0.25) is 14.6 Å². The Morgan fingerprint density at radius 1 is 1.14 bits per heavy atom. The molecule has 2 aliphatic rings. The predicted octanol–water partition coefficient (Wildman–Crippen LogP) is 5.04. The van der Waals surface area contributed by atoms with E-state index in [0.717, 1.165) is 54.0 Å². The Morgan fingerprint density at radius 3 is 2.57 bits per heavy atom. The number of para-hydroxylation sites is 1. The van der Waals surface area contributed by atoms with Gasteiger partial charge in [0.25, 0.3) is 0 Å². The second-order valence-electron chi connectivity index (χ2n) is 12.1. The van der Waals surface area contributed by atoms with Crippen LogP contribution in [0.25, 0.3) is 11.0 Å². The number of rotatable bonds is 8. The molecule has 2 aromatic carbocycles. The average Bonchev–Trinajstić information content (AvgIpc) is 3.50. The summed E-state index contributed by atoms with van der Waals surface area (Å²) in [6, 6.07) is 13.1. The Kier molecular flexibility index (Phi) is 7.75. The van der Waals surface area contributed by atoms with E-state index in [9.17, 15) is 13.2 Å². The summed E-state index contributed by atoms with van der Waals surface area (Å²) in [5.41, 5.74) is 10.7.